The fourth-order valence-corrected chi connectivity index (χ4v) is 1.80. The van der Waals surface area contributed by atoms with E-state index in [4.69, 9.17) is 9.47 Å². The normalized spacial score (nSPS) is 11.5. The third-order valence-corrected chi connectivity index (χ3v) is 2.94. The quantitative estimate of drug-likeness (QED) is 0.543. The standard InChI is InChI=1S/C16H20O5/c1-3-20-16(19)14(12(2)17)9-10-15(18)21-11-13-7-5-4-6-8-13/h4-8,14H,3,9-11H2,1-2H3. The van der Waals surface area contributed by atoms with E-state index in [0.717, 1.165) is 5.56 Å². The molecule has 0 amide bonds. The Morgan fingerprint density at radius 1 is 1.10 bits per heavy atom. The summed E-state index contributed by atoms with van der Waals surface area (Å²) in [7, 11) is 0. The first-order valence-electron chi connectivity index (χ1n) is 6.91. The van der Waals surface area contributed by atoms with Crippen LogP contribution in [0.15, 0.2) is 30.3 Å². The van der Waals surface area contributed by atoms with Gasteiger partial charge in [-0.25, -0.2) is 0 Å². The Bertz CT molecular complexity index is 481. The summed E-state index contributed by atoms with van der Waals surface area (Å²) in [6.45, 7) is 3.38. The van der Waals surface area contributed by atoms with E-state index in [-0.39, 0.29) is 31.8 Å². The Kier molecular flexibility index (Phi) is 7.15. The second-order valence-electron chi connectivity index (χ2n) is 4.60. The van der Waals surface area contributed by atoms with Crippen molar-refractivity contribution in [3.05, 3.63) is 35.9 Å². The highest BCUT2D eigenvalue weighted by Crippen LogP contribution is 2.12. The number of benzene rings is 1. The van der Waals surface area contributed by atoms with Crippen LogP contribution in [0.5, 0.6) is 0 Å². The number of rotatable bonds is 8. The van der Waals surface area contributed by atoms with E-state index in [9.17, 15) is 14.4 Å². The predicted molar refractivity (Wildman–Crippen MR) is 76.3 cm³/mol. The SMILES string of the molecule is CCOC(=O)C(CCC(=O)OCc1ccccc1)C(C)=O. The fourth-order valence-electron chi connectivity index (χ4n) is 1.80. The zero-order valence-electron chi connectivity index (χ0n) is 12.3. The van der Waals surface area contributed by atoms with E-state index in [1.807, 2.05) is 30.3 Å². The van der Waals surface area contributed by atoms with Gasteiger partial charge in [-0.15, -0.1) is 0 Å². The molecule has 21 heavy (non-hydrogen) atoms. The molecule has 0 heterocycles. The van der Waals surface area contributed by atoms with E-state index >= 15 is 0 Å². The highest BCUT2D eigenvalue weighted by molar-refractivity contribution is 5.98. The van der Waals surface area contributed by atoms with Crippen molar-refractivity contribution in [3.63, 3.8) is 0 Å². The average Bonchev–Trinajstić information content (AvgIpc) is 2.46. The van der Waals surface area contributed by atoms with Crippen LogP contribution in [-0.2, 0) is 30.5 Å². The maximum Gasteiger partial charge on any atom is 0.316 e. The summed E-state index contributed by atoms with van der Waals surface area (Å²) < 4.78 is 9.91. The number of esters is 2. The van der Waals surface area contributed by atoms with E-state index in [0.29, 0.717) is 0 Å². The molecule has 1 unspecified atom stereocenters. The van der Waals surface area contributed by atoms with Crippen LogP contribution in [0.4, 0.5) is 0 Å². The molecule has 5 heteroatoms. The van der Waals surface area contributed by atoms with Gasteiger partial charge in [0.05, 0.1) is 6.61 Å². The molecule has 0 radical (unpaired) electrons. The van der Waals surface area contributed by atoms with Gasteiger partial charge in [0.2, 0.25) is 0 Å². The first kappa shape index (κ1) is 16.9. The lowest BCUT2D eigenvalue weighted by molar-refractivity contribution is -0.152. The molecule has 0 aromatic heterocycles. The van der Waals surface area contributed by atoms with E-state index in [2.05, 4.69) is 0 Å². The zero-order chi connectivity index (χ0) is 15.7. The van der Waals surface area contributed by atoms with Crippen molar-refractivity contribution < 1.29 is 23.9 Å². The van der Waals surface area contributed by atoms with Crippen LogP contribution in [0, 0.1) is 5.92 Å². The van der Waals surface area contributed by atoms with Crippen molar-refractivity contribution in [2.75, 3.05) is 6.61 Å². The molecule has 0 bridgehead atoms. The van der Waals surface area contributed by atoms with Crippen LogP contribution in [0.3, 0.4) is 0 Å². The fraction of sp³-hybridized carbons (Fsp3) is 0.438. The predicted octanol–water partition coefficient (Wildman–Crippen LogP) is 2.28. The number of hydrogen-bond acceptors (Lipinski definition) is 5. The van der Waals surface area contributed by atoms with Crippen molar-refractivity contribution in [2.24, 2.45) is 5.92 Å². The Morgan fingerprint density at radius 2 is 1.76 bits per heavy atom. The zero-order valence-corrected chi connectivity index (χ0v) is 12.3. The highest BCUT2D eigenvalue weighted by Gasteiger charge is 2.25. The van der Waals surface area contributed by atoms with Crippen molar-refractivity contribution >= 4 is 17.7 Å². The number of carbonyl (C=O) groups is 3. The van der Waals surface area contributed by atoms with Gasteiger partial charge in [-0.2, -0.15) is 0 Å². The largest absolute Gasteiger partial charge is 0.465 e. The molecular formula is C16H20O5. The molecule has 1 atom stereocenters. The Morgan fingerprint density at radius 3 is 2.33 bits per heavy atom. The molecule has 5 nitrogen and oxygen atoms in total. The van der Waals surface area contributed by atoms with Gasteiger partial charge >= 0.3 is 11.9 Å². The first-order chi connectivity index (χ1) is 10.0. The summed E-state index contributed by atoms with van der Waals surface area (Å²) in [5.74, 6) is -2.21. The van der Waals surface area contributed by atoms with Crippen LogP contribution < -0.4 is 0 Å². The minimum absolute atomic E-state index is 0.00982. The lowest BCUT2D eigenvalue weighted by atomic mass is 9.99. The molecule has 1 rings (SSSR count). The number of carbonyl (C=O) groups excluding carboxylic acids is 3. The van der Waals surface area contributed by atoms with Crippen molar-refractivity contribution in [2.45, 2.75) is 33.3 Å². The van der Waals surface area contributed by atoms with Gasteiger partial charge in [0, 0.05) is 6.42 Å². The maximum atomic E-state index is 11.6. The lowest BCUT2D eigenvalue weighted by Crippen LogP contribution is -2.25. The molecule has 0 N–H and O–H groups in total. The van der Waals surface area contributed by atoms with Crippen LogP contribution in [0.1, 0.15) is 32.3 Å². The van der Waals surface area contributed by atoms with Crippen LogP contribution in [0.2, 0.25) is 0 Å². The van der Waals surface area contributed by atoms with Crippen molar-refractivity contribution in [3.8, 4) is 0 Å². The summed E-state index contributed by atoms with van der Waals surface area (Å²) in [6, 6.07) is 9.29. The van der Waals surface area contributed by atoms with E-state index in [1.165, 1.54) is 6.92 Å². The molecule has 114 valence electrons. The topological polar surface area (TPSA) is 69.7 Å². The summed E-state index contributed by atoms with van der Waals surface area (Å²) in [5, 5.41) is 0. The van der Waals surface area contributed by atoms with Gasteiger partial charge in [-0.05, 0) is 25.8 Å². The first-order valence-corrected chi connectivity index (χ1v) is 6.91. The third kappa shape index (κ3) is 6.21. The number of ketones is 1. The maximum absolute atomic E-state index is 11.6. The lowest BCUT2D eigenvalue weighted by Gasteiger charge is -2.12. The minimum Gasteiger partial charge on any atom is -0.465 e. The molecule has 0 saturated heterocycles. The molecule has 0 fully saturated rings. The number of Topliss-reactive ketones (excluding diaryl/α,β-unsaturated/α-hetero) is 1. The number of ether oxygens (including phenoxy) is 2. The molecular weight excluding hydrogens is 272 g/mol. The third-order valence-electron chi connectivity index (χ3n) is 2.94. The molecule has 0 aliphatic carbocycles. The molecule has 0 aliphatic heterocycles. The van der Waals surface area contributed by atoms with Gasteiger partial charge < -0.3 is 9.47 Å². The van der Waals surface area contributed by atoms with Gasteiger partial charge in [0.1, 0.15) is 18.3 Å². The van der Waals surface area contributed by atoms with Crippen molar-refractivity contribution in [1.82, 2.24) is 0 Å². The van der Waals surface area contributed by atoms with E-state index < -0.39 is 17.9 Å². The smallest absolute Gasteiger partial charge is 0.316 e. The monoisotopic (exact) mass is 292 g/mol. The van der Waals surface area contributed by atoms with Crippen LogP contribution in [0.25, 0.3) is 0 Å². The van der Waals surface area contributed by atoms with Crippen molar-refractivity contribution in [1.29, 1.82) is 0 Å². The molecule has 0 saturated carbocycles. The number of hydrogen-bond donors (Lipinski definition) is 0. The molecule has 0 spiro atoms. The van der Waals surface area contributed by atoms with Gasteiger partial charge in [0.25, 0.3) is 0 Å². The highest BCUT2D eigenvalue weighted by atomic mass is 16.5. The van der Waals surface area contributed by atoms with Gasteiger partial charge in [0.15, 0.2) is 0 Å². The second-order valence-corrected chi connectivity index (χ2v) is 4.60. The Balaban J connectivity index is 2.39. The summed E-state index contributed by atoms with van der Waals surface area (Å²) >= 11 is 0. The Hall–Kier alpha value is -2.17. The van der Waals surface area contributed by atoms with Gasteiger partial charge in [-0.1, -0.05) is 30.3 Å². The molecule has 1 aromatic rings. The van der Waals surface area contributed by atoms with Crippen LogP contribution in [-0.4, -0.2) is 24.3 Å². The molecule has 0 aliphatic rings. The molecule has 1 aromatic carbocycles. The van der Waals surface area contributed by atoms with Crippen LogP contribution >= 0.6 is 0 Å². The second kappa shape index (κ2) is 8.89. The Labute approximate surface area is 124 Å². The van der Waals surface area contributed by atoms with Gasteiger partial charge in [-0.3, -0.25) is 14.4 Å². The summed E-state index contributed by atoms with van der Waals surface area (Å²) in [4.78, 5) is 34.6. The average molecular weight is 292 g/mol. The summed E-state index contributed by atoms with van der Waals surface area (Å²) in [5.41, 5.74) is 0.888. The summed E-state index contributed by atoms with van der Waals surface area (Å²) in [6.07, 6.45) is 0.123. The minimum atomic E-state index is -0.894. The van der Waals surface area contributed by atoms with E-state index in [1.54, 1.807) is 6.92 Å².